The van der Waals surface area contributed by atoms with Crippen LogP contribution in [-0.2, 0) is 16.6 Å². The van der Waals surface area contributed by atoms with Crippen LogP contribution in [0, 0.1) is 12.3 Å². The number of nitrogens with one attached hydrogen (secondary N) is 1. The lowest BCUT2D eigenvalue weighted by atomic mass is 9.91. The Labute approximate surface area is 114 Å². The van der Waals surface area contributed by atoms with Gasteiger partial charge in [0.2, 0.25) is 10.0 Å². The molecule has 4 nitrogen and oxygen atoms in total. The first kappa shape index (κ1) is 15.6. The zero-order valence-corrected chi connectivity index (χ0v) is 13.0. The smallest absolute Gasteiger partial charge is 0.241 e. The van der Waals surface area contributed by atoms with Crippen LogP contribution in [-0.4, -0.2) is 15.0 Å². The summed E-state index contributed by atoms with van der Waals surface area (Å²) < 4.78 is 27.1. The van der Waals surface area contributed by atoms with Gasteiger partial charge in [-0.15, -0.1) is 11.3 Å². The standard InChI is InChI=1S/C12H22N2O2S2/c1-5-12(3,4)8-14-18(15,16)11-6-10(7-13)17-9(11)2/h6,14H,5,7-8,13H2,1-4H3. The maximum Gasteiger partial charge on any atom is 0.241 e. The molecule has 0 radical (unpaired) electrons. The minimum absolute atomic E-state index is 0.0340. The predicted octanol–water partition coefficient (Wildman–Crippen LogP) is 2.23. The molecule has 18 heavy (non-hydrogen) atoms. The Morgan fingerprint density at radius 2 is 2.06 bits per heavy atom. The van der Waals surface area contributed by atoms with Crippen molar-refractivity contribution in [2.75, 3.05) is 6.54 Å². The zero-order valence-electron chi connectivity index (χ0n) is 11.4. The van der Waals surface area contributed by atoms with Gasteiger partial charge in [-0.05, 0) is 24.8 Å². The quantitative estimate of drug-likeness (QED) is 0.844. The van der Waals surface area contributed by atoms with Crippen LogP contribution in [0.2, 0.25) is 0 Å². The summed E-state index contributed by atoms with van der Waals surface area (Å²) in [5.41, 5.74) is 5.50. The fraction of sp³-hybridized carbons (Fsp3) is 0.667. The van der Waals surface area contributed by atoms with Gasteiger partial charge in [-0.2, -0.15) is 0 Å². The molecule has 1 rings (SSSR count). The van der Waals surface area contributed by atoms with Crippen LogP contribution in [0.25, 0.3) is 0 Å². The van der Waals surface area contributed by atoms with E-state index in [1.807, 2.05) is 20.8 Å². The Morgan fingerprint density at radius 1 is 1.44 bits per heavy atom. The van der Waals surface area contributed by atoms with Gasteiger partial charge < -0.3 is 5.73 Å². The molecule has 1 aromatic heterocycles. The van der Waals surface area contributed by atoms with E-state index in [1.54, 1.807) is 6.07 Å². The van der Waals surface area contributed by atoms with E-state index >= 15 is 0 Å². The molecule has 0 aliphatic rings. The summed E-state index contributed by atoms with van der Waals surface area (Å²) in [5.74, 6) is 0. The highest BCUT2D eigenvalue weighted by Gasteiger charge is 2.23. The van der Waals surface area contributed by atoms with Crippen molar-refractivity contribution in [2.45, 2.75) is 45.6 Å². The van der Waals surface area contributed by atoms with Crippen molar-refractivity contribution in [1.82, 2.24) is 4.72 Å². The molecule has 104 valence electrons. The van der Waals surface area contributed by atoms with E-state index in [2.05, 4.69) is 11.6 Å². The van der Waals surface area contributed by atoms with Crippen molar-refractivity contribution in [3.63, 3.8) is 0 Å². The van der Waals surface area contributed by atoms with Gasteiger partial charge in [-0.1, -0.05) is 20.8 Å². The molecular weight excluding hydrogens is 268 g/mol. The molecule has 1 heterocycles. The van der Waals surface area contributed by atoms with E-state index in [0.29, 0.717) is 18.0 Å². The number of thiophene rings is 1. The maximum absolute atomic E-state index is 12.2. The number of aryl methyl sites for hydroxylation is 1. The van der Waals surface area contributed by atoms with Crippen molar-refractivity contribution in [2.24, 2.45) is 11.1 Å². The molecule has 6 heteroatoms. The average Bonchev–Trinajstić information content (AvgIpc) is 2.69. The van der Waals surface area contributed by atoms with Crippen LogP contribution in [0.3, 0.4) is 0 Å². The van der Waals surface area contributed by atoms with Gasteiger partial charge in [-0.25, -0.2) is 13.1 Å². The average molecular weight is 290 g/mol. The molecule has 0 saturated heterocycles. The Kier molecular flexibility index (Phi) is 4.94. The molecule has 0 aliphatic heterocycles. The lowest BCUT2D eigenvalue weighted by Gasteiger charge is -2.22. The van der Waals surface area contributed by atoms with Crippen molar-refractivity contribution in [3.8, 4) is 0 Å². The van der Waals surface area contributed by atoms with Crippen LogP contribution < -0.4 is 10.5 Å². The van der Waals surface area contributed by atoms with Gasteiger partial charge in [0.25, 0.3) is 0 Å². The maximum atomic E-state index is 12.2. The molecule has 0 saturated carbocycles. The van der Waals surface area contributed by atoms with Crippen LogP contribution in [0.15, 0.2) is 11.0 Å². The molecule has 0 fully saturated rings. The Morgan fingerprint density at radius 3 is 2.50 bits per heavy atom. The second-order valence-corrected chi connectivity index (χ2v) is 8.26. The monoisotopic (exact) mass is 290 g/mol. The number of hydrogen-bond donors (Lipinski definition) is 2. The number of nitrogens with two attached hydrogens (primary N) is 1. The fourth-order valence-electron chi connectivity index (χ4n) is 1.38. The number of hydrogen-bond acceptors (Lipinski definition) is 4. The second-order valence-electron chi connectivity index (χ2n) is 5.18. The van der Waals surface area contributed by atoms with E-state index in [1.165, 1.54) is 11.3 Å². The van der Waals surface area contributed by atoms with Crippen molar-refractivity contribution in [1.29, 1.82) is 0 Å². The highest BCUT2D eigenvalue weighted by Crippen LogP contribution is 2.26. The Balaban J connectivity index is 2.90. The molecule has 0 spiro atoms. The molecule has 0 unspecified atom stereocenters. The highest BCUT2D eigenvalue weighted by atomic mass is 32.2. The molecule has 0 atom stereocenters. The molecule has 0 amide bonds. The van der Waals surface area contributed by atoms with E-state index in [4.69, 9.17) is 5.73 Å². The molecule has 3 N–H and O–H groups in total. The molecule has 0 aromatic carbocycles. The topological polar surface area (TPSA) is 72.2 Å². The largest absolute Gasteiger partial charge is 0.326 e. The Hall–Kier alpha value is -0.430. The Bertz CT molecular complexity index is 504. The summed E-state index contributed by atoms with van der Waals surface area (Å²) in [6.45, 7) is 8.77. The van der Waals surface area contributed by atoms with Gasteiger partial charge in [0, 0.05) is 22.8 Å². The van der Waals surface area contributed by atoms with Gasteiger partial charge in [0.1, 0.15) is 0 Å². The van der Waals surface area contributed by atoms with E-state index in [9.17, 15) is 8.42 Å². The van der Waals surface area contributed by atoms with Crippen molar-refractivity contribution in [3.05, 3.63) is 15.8 Å². The number of sulfonamides is 1. The van der Waals surface area contributed by atoms with Crippen molar-refractivity contribution < 1.29 is 8.42 Å². The second kappa shape index (κ2) is 5.69. The number of rotatable bonds is 6. The SMILES string of the molecule is CCC(C)(C)CNS(=O)(=O)c1cc(CN)sc1C. The summed E-state index contributed by atoms with van der Waals surface area (Å²) in [6.07, 6.45) is 0.923. The van der Waals surface area contributed by atoms with Crippen molar-refractivity contribution >= 4 is 21.4 Å². The minimum Gasteiger partial charge on any atom is -0.326 e. The molecular formula is C12H22N2O2S2. The van der Waals surface area contributed by atoms with Gasteiger partial charge in [-0.3, -0.25) is 0 Å². The van der Waals surface area contributed by atoms with Crippen LogP contribution in [0.4, 0.5) is 0 Å². The van der Waals surface area contributed by atoms with E-state index in [0.717, 1.165) is 16.2 Å². The zero-order chi connectivity index (χ0) is 14.0. The van der Waals surface area contributed by atoms with Gasteiger partial charge in [0.15, 0.2) is 0 Å². The minimum atomic E-state index is -3.42. The fourth-order valence-corrected chi connectivity index (χ4v) is 4.14. The third-order valence-corrected chi connectivity index (χ3v) is 5.84. The summed E-state index contributed by atoms with van der Waals surface area (Å²) in [7, 11) is -3.42. The van der Waals surface area contributed by atoms with Crippen LogP contribution >= 0.6 is 11.3 Å². The lowest BCUT2D eigenvalue weighted by molar-refractivity contribution is 0.350. The first-order valence-electron chi connectivity index (χ1n) is 6.01. The van der Waals surface area contributed by atoms with Gasteiger partial charge >= 0.3 is 0 Å². The molecule has 0 aliphatic carbocycles. The summed E-state index contributed by atoms with van der Waals surface area (Å²) >= 11 is 1.44. The molecule has 0 bridgehead atoms. The van der Waals surface area contributed by atoms with Crippen LogP contribution in [0.1, 0.15) is 36.9 Å². The molecule has 1 aromatic rings. The van der Waals surface area contributed by atoms with E-state index < -0.39 is 10.0 Å². The first-order valence-corrected chi connectivity index (χ1v) is 8.31. The third kappa shape index (κ3) is 3.78. The van der Waals surface area contributed by atoms with Gasteiger partial charge in [0.05, 0.1) is 4.90 Å². The lowest BCUT2D eigenvalue weighted by Crippen LogP contribution is -2.33. The first-order chi connectivity index (χ1) is 8.22. The van der Waals surface area contributed by atoms with E-state index in [-0.39, 0.29) is 5.41 Å². The third-order valence-electron chi connectivity index (χ3n) is 3.11. The summed E-state index contributed by atoms with van der Waals surface area (Å²) in [6, 6.07) is 1.67. The summed E-state index contributed by atoms with van der Waals surface area (Å²) in [5, 5.41) is 0. The van der Waals surface area contributed by atoms with Crippen LogP contribution in [0.5, 0.6) is 0 Å². The normalized spacial score (nSPS) is 12.9. The summed E-state index contributed by atoms with van der Waals surface area (Å²) in [4.78, 5) is 2.04. The highest BCUT2D eigenvalue weighted by molar-refractivity contribution is 7.89. The predicted molar refractivity (Wildman–Crippen MR) is 76.2 cm³/mol.